The number of aliphatic hydroxyl groups excluding tert-OH is 1. The van der Waals surface area contributed by atoms with Crippen molar-refractivity contribution in [2.75, 3.05) is 32.8 Å². The van der Waals surface area contributed by atoms with E-state index in [0.29, 0.717) is 11.0 Å². The van der Waals surface area contributed by atoms with Gasteiger partial charge in [0.25, 0.3) is 0 Å². The van der Waals surface area contributed by atoms with Gasteiger partial charge in [0.15, 0.2) is 13.1 Å². The summed E-state index contributed by atoms with van der Waals surface area (Å²) < 4.78 is 0.421. The molecule has 0 amide bonds. The van der Waals surface area contributed by atoms with Crippen LogP contribution in [0.25, 0.3) is 0 Å². The van der Waals surface area contributed by atoms with E-state index >= 15 is 0 Å². The topological polar surface area (TPSA) is 71.5 Å². The average Bonchev–Trinajstić information content (AvgIpc) is 3.06. The predicted octanol–water partition coefficient (Wildman–Crippen LogP) is -5.35. The van der Waals surface area contributed by atoms with Crippen LogP contribution < -0.4 is 59.4 Å². The van der Waals surface area contributed by atoms with Crippen molar-refractivity contribution < 1.29 is 78.9 Å². The van der Waals surface area contributed by atoms with Crippen molar-refractivity contribution in [3.63, 3.8) is 0 Å². The molecule has 5 nitrogen and oxygen atoms in total. The third-order valence-corrected chi connectivity index (χ3v) is 6.42. The van der Waals surface area contributed by atoms with Gasteiger partial charge in [0, 0.05) is 0 Å². The van der Waals surface area contributed by atoms with Gasteiger partial charge >= 0.3 is 41.4 Å². The molecule has 8 heteroatoms. The molecule has 32 heavy (non-hydrogen) atoms. The number of carbonyl (C=O) groups is 1. The van der Waals surface area contributed by atoms with Crippen LogP contribution in [-0.4, -0.2) is 59.3 Å². The van der Waals surface area contributed by atoms with E-state index < -0.39 is 5.97 Å². The third-order valence-electron chi connectivity index (χ3n) is 6.42. The quantitative estimate of drug-likeness (QED) is 0.0878. The molecule has 3 N–H and O–H groups in total. The molecular weight excluding hydrogens is 458 g/mol. The number of aliphatic hydroxyl groups is 1. The van der Waals surface area contributed by atoms with Crippen molar-refractivity contribution in [2.24, 2.45) is 0 Å². The Bertz CT molecular complexity index is 471. The van der Waals surface area contributed by atoms with Crippen molar-refractivity contribution >= 4 is 11.8 Å². The minimum absolute atomic E-state index is 0. The summed E-state index contributed by atoms with van der Waals surface area (Å²) in [6, 6.07) is 0. The number of halogens is 2. The molecule has 1 aliphatic rings. The van der Waals surface area contributed by atoms with E-state index in [1.165, 1.54) is 89.9 Å². The van der Waals surface area contributed by atoms with Crippen LogP contribution in [0.5, 0.6) is 0 Å². The van der Waals surface area contributed by atoms with Gasteiger partial charge in [-0.25, -0.2) is 9.28 Å². The fraction of sp³-hybridized carbons (Fsp3) is 0.917. The summed E-state index contributed by atoms with van der Waals surface area (Å²) in [6.45, 7) is 4.51. The first-order valence-electron chi connectivity index (χ1n) is 12.4. The summed E-state index contributed by atoms with van der Waals surface area (Å²) in [5.74, 6) is 0.340. The summed E-state index contributed by atoms with van der Waals surface area (Å²) in [4.78, 5) is 14.7. The van der Waals surface area contributed by atoms with Crippen LogP contribution >= 0.6 is 0 Å². The van der Waals surface area contributed by atoms with Gasteiger partial charge in [0.1, 0.15) is 13.1 Å². The summed E-state index contributed by atoms with van der Waals surface area (Å²) in [6.07, 6.45) is 21.3. The van der Waals surface area contributed by atoms with Gasteiger partial charge in [0.05, 0.1) is 13.0 Å². The van der Waals surface area contributed by atoms with E-state index in [9.17, 15) is 15.0 Å². The van der Waals surface area contributed by atoms with Gasteiger partial charge in [-0.3, -0.25) is 0 Å². The van der Waals surface area contributed by atoms with E-state index in [1.54, 1.807) is 0 Å². The number of carboxylic acid groups (broad SMARTS) is 1. The number of aliphatic carboxylic acids is 1. The first kappa shape index (κ1) is 37.2. The van der Waals surface area contributed by atoms with Crippen molar-refractivity contribution in [3.05, 3.63) is 0 Å². The molecule has 0 saturated heterocycles. The van der Waals surface area contributed by atoms with Crippen molar-refractivity contribution in [3.8, 4) is 0 Å². The van der Waals surface area contributed by atoms with E-state index in [2.05, 4.69) is 11.9 Å². The molecule has 0 aliphatic carbocycles. The Balaban J connectivity index is -0.00000280. The number of nitrogens with one attached hydrogen (secondary N) is 1. The maximum atomic E-state index is 11.3. The molecule has 186 valence electrons. The molecule has 0 radical (unpaired) electrons. The minimum Gasteiger partial charge on any atom is -1.00 e. The van der Waals surface area contributed by atoms with Gasteiger partial charge in [-0.15, -0.1) is 0 Å². The van der Waals surface area contributed by atoms with E-state index in [4.69, 9.17) is 0 Å². The molecule has 1 rings (SSSR count). The predicted molar refractivity (Wildman–Crippen MR) is 120 cm³/mol. The zero-order valence-corrected chi connectivity index (χ0v) is 24.4. The summed E-state index contributed by atoms with van der Waals surface area (Å²) in [7, 11) is 0. The van der Waals surface area contributed by atoms with Crippen LogP contribution in [0.15, 0.2) is 0 Å². The SMILES string of the molecule is CCCCCCCCCCCCCCCCCC1=[NH+]CC[N+]1(CCO)CC(=O)O.[Cl-].[Cl-].[Na+]. The zero-order valence-electron chi connectivity index (χ0n) is 20.9. The molecule has 1 atom stereocenters. The van der Waals surface area contributed by atoms with Gasteiger partial charge < -0.3 is 35.0 Å². The smallest absolute Gasteiger partial charge is 1.00 e. The number of nitrogens with zero attached hydrogens (tertiary/aromatic N) is 1. The Kier molecular flexibility index (Phi) is 28.8. The molecule has 0 fully saturated rings. The molecular formula is C24H48Cl2N2NaO3+. The van der Waals surface area contributed by atoms with Crippen LogP contribution in [-0.2, 0) is 4.79 Å². The van der Waals surface area contributed by atoms with Crippen LogP contribution in [0.1, 0.15) is 110 Å². The van der Waals surface area contributed by atoms with Crippen molar-refractivity contribution in [1.29, 1.82) is 0 Å². The molecule has 0 bridgehead atoms. The number of hydrogen-bond acceptors (Lipinski definition) is 2. The van der Waals surface area contributed by atoms with Crippen LogP contribution in [0.3, 0.4) is 0 Å². The first-order valence-corrected chi connectivity index (χ1v) is 12.4. The second-order valence-electron chi connectivity index (χ2n) is 8.94. The zero-order chi connectivity index (χ0) is 21.2. The summed E-state index contributed by atoms with van der Waals surface area (Å²) in [5, 5.41) is 18.6. The maximum absolute atomic E-state index is 11.3. The Morgan fingerprint density at radius 2 is 1.28 bits per heavy atom. The summed E-state index contributed by atoms with van der Waals surface area (Å²) >= 11 is 0. The van der Waals surface area contributed by atoms with Crippen molar-refractivity contribution in [1.82, 2.24) is 0 Å². The van der Waals surface area contributed by atoms with Crippen molar-refractivity contribution in [2.45, 2.75) is 110 Å². The molecule has 0 saturated carbocycles. The third kappa shape index (κ3) is 17.1. The van der Waals surface area contributed by atoms with Gasteiger partial charge in [0.2, 0.25) is 0 Å². The number of rotatable bonds is 20. The molecule has 0 aromatic heterocycles. The standard InChI is InChI=1S/C24H46N2O3.2ClH.Na/c1-2-3-4-5-6-7-8-9-10-11-12-13-14-15-16-17-23-25-18-19-26(23,20-21-27)22-24(28)29;;;/h27H,2-22H2,1H3;2*1H;/q;;;+1. The Hall–Kier alpha value is 0.640. The molecule has 1 aliphatic heterocycles. The number of unbranched alkanes of at least 4 members (excludes halogenated alkanes) is 14. The van der Waals surface area contributed by atoms with Crippen LogP contribution in [0.2, 0.25) is 0 Å². The second kappa shape index (κ2) is 24.8. The number of quaternary nitrogens is 1. The monoisotopic (exact) mass is 505 g/mol. The summed E-state index contributed by atoms with van der Waals surface area (Å²) in [5.41, 5.74) is 0. The molecule has 0 aromatic carbocycles. The van der Waals surface area contributed by atoms with E-state index in [0.717, 1.165) is 31.8 Å². The molecule has 1 heterocycles. The van der Waals surface area contributed by atoms with Gasteiger partial charge in [-0.2, -0.15) is 4.99 Å². The maximum Gasteiger partial charge on any atom is 1.00 e. The van der Waals surface area contributed by atoms with Crippen LogP contribution in [0, 0.1) is 0 Å². The van der Waals surface area contributed by atoms with E-state index in [-0.39, 0.29) is 67.5 Å². The van der Waals surface area contributed by atoms with Gasteiger partial charge in [-0.05, 0) is 6.42 Å². The van der Waals surface area contributed by atoms with Crippen LogP contribution in [0.4, 0.5) is 0 Å². The second-order valence-corrected chi connectivity index (χ2v) is 8.94. The minimum atomic E-state index is -0.781. The Morgan fingerprint density at radius 3 is 1.69 bits per heavy atom. The number of amidine groups is 1. The largest absolute Gasteiger partial charge is 1.00 e. The molecule has 0 spiro atoms. The molecule has 0 aromatic rings. The average molecular weight is 507 g/mol. The number of carboxylic acids is 1. The fourth-order valence-corrected chi connectivity index (χ4v) is 4.66. The Morgan fingerprint density at radius 1 is 0.844 bits per heavy atom. The van der Waals surface area contributed by atoms with Gasteiger partial charge in [-0.1, -0.05) is 96.8 Å². The normalized spacial score (nSPS) is 17.1. The number of hydrogen-bond donors (Lipinski definition) is 3. The Labute approximate surface area is 231 Å². The first-order chi connectivity index (χ1) is 14.1. The molecule has 1 unspecified atom stereocenters. The fourth-order valence-electron chi connectivity index (χ4n) is 4.66. The van der Waals surface area contributed by atoms with E-state index in [1.807, 2.05) is 0 Å².